The molecule has 0 amide bonds. The average Bonchev–Trinajstić information content (AvgIpc) is 1.91. The van der Waals surface area contributed by atoms with E-state index in [0.717, 1.165) is 19.1 Å². The van der Waals surface area contributed by atoms with E-state index in [1.54, 1.807) is 6.26 Å². The largest absolute Gasteiger partial charge is 0.463 e. The first kappa shape index (κ1) is 6.62. The van der Waals surface area contributed by atoms with Gasteiger partial charge in [0.05, 0.1) is 6.26 Å². The molecular weight excluding hydrogens is 116 g/mol. The molecule has 0 N–H and O–H groups in total. The van der Waals surface area contributed by atoms with E-state index in [1.807, 2.05) is 13.0 Å². The average molecular weight is 127 g/mol. The Balaban J connectivity index is 2.18. The van der Waals surface area contributed by atoms with Crippen LogP contribution >= 0.6 is 0 Å². The third-order valence-corrected chi connectivity index (χ3v) is 1.12. The van der Waals surface area contributed by atoms with Gasteiger partial charge in [0.15, 0.2) is 0 Å². The van der Waals surface area contributed by atoms with Crippen LogP contribution in [0.5, 0.6) is 0 Å². The second-order valence-electron chi connectivity index (χ2n) is 1.83. The SMILES string of the molecule is CCO[C]1CCC=CO1. The summed E-state index contributed by atoms with van der Waals surface area (Å²) < 4.78 is 10.2. The number of hydrogen-bond acceptors (Lipinski definition) is 2. The predicted octanol–water partition coefficient (Wildman–Crippen LogP) is 1.84. The molecule has 1 aliphatic heterocycles. The molecule has 2 heteroatoms. The Morgan fingerprint density at radius 3 is 3.22 bits per heavy atom. The summed E-state index contributed by atoms with van der Waals surface area (Å²) in [5, 5.41) is 0. The quantitative estimate of drug-likeness (QED) is 0.563. The molecule has 9 heavy (non-hydrogen) atoms. The highest BCUT2D eigenvalue weighted by Crippen LogP contribution is 2.17. The van der Waals surface area contributed by atoms with Crippen LogP contribution in [0.3, 0.4) is 0 Å². The van der Waals surface area contributed by atoms with Gasteiger partial charge in [-0.3, -0.25) is 0 Å². The van der Waals surface area contributed by atoms with Gasteiger partial charge in [0.25, 0.3) is 6.29 Å². The van der Waals surface area contributed by atoms with E-state index in [9.17, 15) is 0 Å². The molecule has 0 aromatic heterocycles. The van der Waals surface area contributed by atoms with Gasteiger partial charge in [0.2, 0.25) is 0 Å². The van der Waals surface area contributed by atoms with Gasteiger partial charge in [-0.15, -0.1) is 0 Å². The highest BCUT2D eigenvalue weighted by molar-refractivity contribution is 4.86. The van der Waals surface area contributed by atoms with Gasteiger partial charge in [0, 0.05) is 13.0 Å². The maximum Gasteiger partial charge on any atom is 0.276 e. The topological polar surface area (TPSA) is 18.5 Å². The summed E-state index contributed by atoms with van der Waals surface area (Å²) in [6, 6.07) is 0. The van der Waals surface area contributed by atoms with E-state index >= 15 is 0 Å². The summed E-state index contributed by atoms with van der Waals surface area (Å²) in [5.74, 6) is 0. The Labute approximate surface area is 55.5 Å². The Morgan fingerprint density at radius 1 is 1.78 bits per heavy atom. The second-order valence-corrected chi connectivity index (χ2v) is 1.83. The lowest BCUT2D eigenvalue weighted by atomic mass is 10.3. The fraction of sp³-hybridized carbons (Fsp3) is 0.571. The van der Waals surface area contributed by atoms with E-state index in [-0.39, 0.29) is 0 Å². The van der Waals surface area contributed by atoms with E-state index in [4.69, 9.17) is 9.47 Å². The number of allylic oxidation sites excluding steroid dienone is 1. The van der Waals surface area contributed by atoms with Gasteiger partial charge in [-0.25, -0.2) is 0 Å². The van der Waals surface area contributed by atoms with Gasteiger partial charge in [-0.2, -0.15) is 0 Å². The van der Waals surface area contributed by atoms with Crippen LogP contribution in [0.2, 0.25) is 0 Å². The van der Waals surface area contributed by atoms with Crippen molar-refractivity contribution in [1.29, 1.82) is 0 Å². The van der Waals surface area contributed by atoms with Crippen LogP contribution in [-0.2, 0) is 9.47 Å². The van der Waals surface area contributed by atoms with Crippen LogP contribution in [0.25, 0.3) is 0 Å². The van der Waals surface area contributed by atoms with Crippen LogP contribution < -0.4 is 0 Å². The minimum Gasteiger partial charge on any atom is -0.463 e. The summed E-state index contributed by atoms with van der Waals surface area (Å²) in [5.41, 5.74) is 0. The zero-order valence-electron chi connectivity index (χ0n) is 5.59. The molecule has 0 saturated heterocycles. The molecule has 0 atom stereocenters. The van der Waals surface area contributed by atoms with Gasteiger partial charge in [0.1, 0.15) is 0 Å². The van der Waals surface area contributed by atoms with Crippen LogP contribution in [-0.4, -0.2) is 6.61 Å². The number of rotatable bonds is 2. The number of ether oxygens (including phenoxy) is 2. The first-order chi connectivity index (χ1) is 4.43. The summed E-state index contributed by atoms with van der Waals surface area (Å²) in [7, 11) is 0. The van der Waals surface area contributed by atoms with Crippen LogP contribution in [0, 0.1) is 6.29 Å². The standard InChI is InChI=1S/C7H11O2/c1-2-8-7-5-3-4-6-9-7/h4,6H,2-3,5H2,1H3. The van der Waals surface area contributed by atoms with Crippen LogP contribution in [0.15, 0.2) is 12.3 Å². The lowest BCUT2D eigenvalue weighted by molar-refractivity contribution is -0.0101. The minimum absolute atomic E-state index is 0.698. The fourth-order valence-corrected chi connectivity index (χ4v) is 0.719. The van der Waals surface area contributed by atoms with Gasteiger partial charge >= 0.3 is 0 Å². The molecule has 0 aliphatic carbocycles. The molecule has 51 valence electrons. The van der Waals surface area contributed by atoms with Crippen molar-refractivity contribution in [3.63, 3.8) is 0 Å². The minimum atomic E-state index is 0.698. The van der Waals surface area contributed by atoms with E-state index in [1.165, 1.54) is 0 Å². The monoisotopic (exact) mass is 127 g/mol. The predicted molar refractivity (Wildman–Crippen MR) is 34.3 cm³/mol. The van der Waals surface area contributed by atoms with E-state index in [0.29, 0.717) is 6.61 Å². The van der Waals surface area contributed by atoms with Crippen molar-refractivity contribution in [2.45, 2.75) is 19.8 Å². The molecule has 0 aromatic carbocycles. The summed E-state index contributed by atoms with van der Waals surface area (Å²) in [4.78, 5) is 0. The maximum atomic E-state index is 5.13. The summed E-state index contributed by atoms with van der Waals surface area (Å²) in [6.07, 6.45) is 6.36. The van der Waals surface area contributed by atoms with Gasteiger partial charge in [-0.1, -0.05) is 0 Å². The molecule has 0 saturated carbocycles. The highest BCUT2D eigenvalue weighted by atomic mass is 16.7. The van der Waals surface area contributed by atoms with E-state index in [2.05, 4.69) is 0 Å². The van der Waals surface area contributed by atoms with Crippen molar-refractivity contribution in [2.75, 3.05) is 6.61 Å². The molecule has 2 nitrogen and oxygen atoms in total. The molecule has 1 radical (unpaired) electrons. The highest BCUT2D eigenvalue weighted by Gasteiger charge is 2.11. The van der Waals surface area contributed by atoms with Gasteiger partial charge in [-0.05, 0) is 19.4 Å². The Hall–Kier alpha value is -0.500. The van der Waals surface area contributed by atoms with E-state index < -0.39 is 0 Å². The molecule has 1 rings (SSSR count). The fourth-order valence-electron chi connectivity index (χ4n) is 0.719. The molecule has 1 heterocycles. The molecule has 0 bridgehead atoms. The van der Waals surface area contributed by atoms with Crippen molar-refractivity contribution in [2.24, 2.45) is 0 Å². The van der Waals surface area contributed by atoms with Crippen molar-refractivity contribution < 1.29 is 9.47 Å². The Bertz CT molecular complexity index is 99.1. The zero-order valence-corrected chi connectivity index (χ0v) is 5.59. The zero-order chi connectivity index (χ0) is 6.53. The number of hydrogen-bond donors (Lipinski definition) is 0. The summed E-state index contributed by atoms with van der Waals surface area (Å²) in [6.45, 7) is 2.65. The third-order valence-electron chi connectivity index (χ3n) is 1.12. The Kier molecular flexibility index (Phi) is 2.58. The van der Waals surface area contributed by atoms with Crippen molar-refractivity contribution >= 4 is 0 Å². The van der Waals surface area contributed by atoms with Gasteiger partial charge < -0.3 is 9.47 Å². The maximum absolute atomic E-state index is 5.13. The normalized spacial score (nSPS) is 19.7. The van der Waals surface area contributed by atoms with Crippen molar-refractivity contribution in [3.05, 3.63) is 18.6 Å². The first-order valence-electron chi connectivity index (χ1n) is 3.23. The molecule has 1 aliphatic rings. The smallest absolute Gasteiger partial charge is 0.276 e. The third kappa shape index (κ3) is 2.06. The van der Waals surface area contributed by atoms with Crippen molar-refractivity contribution in [3.8, 4) is 0 Å². The molecule has 0 spiro atoms. The second kappa shape index (κ2) is 3.51. The lowest BCUT2D eigenvalue weighted by Gasteiger charge is -2.15. The Morgan fingerprint density at radius 2 is 2.67 bits per heavy atom. The molecule has 0 fully saturated rings. The summed E-state index contributed by atoms with van der Waals surface area (Å²) >= 11 is 0. The molecular formula is C7H11O2. The first-order valence-corrected chi connectivity index (χ1v) is 3.23. The molecule has 0 unspecified atom stereocenters. The van der Waals surface area contributed by atoms with Crippen LogP contribution in [0.4, 0.5) is 0 Å². The van der Waals surface area contributed by atoms with Crippen molar-refractivity contribution in [1.82, 2.24) is 0 Å². The lowest BCUT2D eigenvalue weighted by Crippen LogP contribution is -2.07. The van der Waals surface area contributed by atoms with Crippen LogP contribution in [0.1, 0.15) is 19.8 Å². The molecule has 0 aromatic rings.